The molecule has 3 heteroatoms. The van der Waals surface area contributed by atoms with Gasteiger partial charge in [0.05, 0.1) is 5.69 Å². The van der Waals surface area contributed by atoms with Gasteiger partial charge in [0.15, 0.2) is 0 Å². The molecule has 4 aliphatic rings. The smallest absolute Gasteiger partial charge is 0.258 e. The molecule has 0 unspecified atom stereocenters. The molecule has 0 spiro atoms. The van der Waals surface area contributed by atoms with Crippen molar-refractivity contribution in [1.82, 2.24) is 9.38 Å². The van der Waals surface area contributed by atoms with Crippen molar-refractivity contribution >= 4 is 5.65 Å². The summed E-state index contributed by atoms with van der Waals surface area (Å²) in [5.74, 6) is 2.64. The van der Waals surface area contributed by atoms with Crippen LogP contribution in [0, 0.1) is 24.7 Å². The molecule has 0 saturated heterocycles. The van der Waals surface area contributed by atoms with E-state index in [2.05, 4.69) is 0 Å². The Bertz CT molecular complexity index is 785. The number of aromatic nitrogens is 2. The molecule has 4 bridgehead atoms. The Morgan fingerprint density at radius 2 is 1.73 bits per heavy atom. The number of hydrogen-bond acceptors (Lipinski definition) is 2. The van der Waals surface area contributed by atoms with Crippen LogP contribution in [0.5, 0.6) is 0 Å². The van der Waals surface area contributed by atoms with Crippen LogP contribution in [0.3, 0.4) is 0 Å². The van der Waals surface area contributed by atoms with Gasteiger partial charge < -0.3 is 0 Å². The quantitative estimate of drug-likeness (QED) is 0.807. The second kappa shape index (κ2) is 4.21. The van der Waals surface area contributed by atoms with Crippen LogP contribution in [-0.2, 0) is 5.41 Å². The topological polar surface area (TPSA) is 34.4 Å². The van der Waals surface area contributed by atoms with E-state index in [0.717, 1.165) is 34.8 Å². The Labute approximate surface area is 130 Å². The molecule has 2 aromatic rings. The number of nitrogens with zero attached hydrogens (tertiary/aromatic N) is 2. The van der Waals surface area contributed by atoms with Gasteiger partial charge in [-0.05, 0) is 75.3 Å². The molecule has 0 N–H and O–H groups in total. The third kappa shape index (κ3) is 1.68. The van der Waals surface area contributed by atoms with Gasteiger partial charge in [0, 0.05) is 17.2 Å². The van der Waals surface area contributed by atoms with Gasteiger partial charge in [0.1, 0.15) is 5.65 Å². The first-order chi connectivity index (χ1) is 10.6. The average Bonchev–Trinajstić information content (AvgIpc) is 2.45. The number of fused-ring (bicyclic) bond motifs is 1. The fraction of sp³-hybridized carbons (Fsp3) is 0.579. The monoisotopic (exact) mass is 294 g/mol. The Morgan fingerprint density at radius 1 is 1.09 bits per heavy atom. The highest BCUT2D eigenvalue weighted by Gasteiger charge is 2.52. The van der Waals surface area contributed by atoms with Crippen molar-refractivity contribution in [2.75, 3.05) is 0 Å². The summed E-state index contributed by atoms with van der Waals surface area (Å²) in [4.78, 5) is 17.6. The summed E-state index contributed by atoms with van der Waals surface area (Å²) in [6.45, 7) is 1.97. The first kappa shape index (κ1) is 12.9. The zero-order chi connectivity index (χ0) is 14.9. The van der Waals surface area contributed by atoms with Crippen molar-refractivity contribution < 1.29 is 0 Å². The lowest BCUT2D eigenvalue weighted by Crippen LogP contribution is -2.49. The predicted molar refractivity (Wildman–Crippen MR) is 86.0 cm³/mol. The third-order valence-electron chi connectivity index (χ3n) is 6.46. The lowest BCUT2D eigenvalue weighted by Gasteiger charge is -2.56. The highest BCUT2D eigenvalue weighted by Crippen LogP contribution is 2.60. The van der Waals surface area contributed by atoms with Crippen molar-refractivity contribution in [3.63, 3.8) is 0 Å². The first-order valence-electron chi connectivity index (χ1n) is 8.63. The van der Waals surface area contributed by atoms with Gasteiger partial charge in [-0.15, -0.1) is 0 Å². The van der Waals surface area contributed by atoms with Gasteiger partial charge >= 0.3 is 0 Å². The molecule has 0 radical (unpaired) electrons. The minimum absolute atomic E-state index is 0.0915. The van der Waals surface area contributed by atoms with E-state index >= 15 is 0 Å². The Kier molecular flexibility index (Phi) is 2.46. The van der Waals surface area contributed by atoms with Crippen LogP contribution in [0.1, 0.15) is 49.9 Å². The van der Waals surface area contributed by atoms with Gasteiger partial charge in [-0.25, -0.2) is 4.98 Å². The van der Waals surface area contributed by atoms with E-state index in [1.54, 1.807) is 4.40 Å². The van der Waals surface area contributed by atoms with E-state index in [1.807, 2.05) is 31.2 Å². The van der Waals surface area contributed by atoms with E-state index < -0.39 is 0 Å². The van der Waals surface area contributed by atoms with E-state index in [-0.39, 0.29) is 11.0 Å². The molecule has 22 heavy (non-hydrogen) atoms. The highest BCUT2D eigenvalue weighted by atomic mass is 16.1. The summed E-state index contributed by atoms with van der Waals surface area (Å²) < 4.78 is 1.74. The second-order valence-electron chi connectivity index (χ2n) is 8.04. The maximum Gasteiger partial charge on any atom is 0.258 e. The first-order valence-corrected chi connectivity index (χ1v) is 8.63. The van der Waals surface area contributed by atoms with Gasteiger partial charge in [0.2, 0.25) is 0 Å². The van der Waals surface area contributed by atoms with E-state index in [9.17, 15) is 4.79 Å². The van der Waals surface area contributed by atoms with Gasteiger partial charge in [-0.1, -0.05) is 6.07 Å². The molecule has 2 heterocycles. The van der Waals surface area contributed by atoms with Crippen LogP contribution >= 0.6 is 0 Å². The van der Waals surface area contributed by atoms with E-state index in [4.69, 9.17) is 4.98 Å². The minimum Gasteiger partial charge on any atom is -0.269 e. The largest absolute Gasteiger partial charge is 0.269 e. The molecule has 4 aliphatic carbocycles. The number of aryl methyl sites for hydroxylation is 1. The molecule has 4 saturated carbocycles. The summed E-state index contributed by atoms with van der Waals surface area (Å²) in [6, 6.07) is 7.78. The fourth-order valence-electron chi connectivity index (χ4n) is 6.01. The maximum absolute atomic E-state index is 12.6. The van der Waals surface area contributed by atoms with Crippen molar-refractivity contribution in [2.24, 2.45) is 17.8 Å². The second-order valence-corrected chi connectivity index (χ2v) is 8.04. The zero-order valence-electron chi connectivity index (χ0n) is 13.1. The number of pyridine rings is 1. The number of hydrogen-bond donors (Lipinski definition) is 0. The molecule has 0 aliphatic heterocycles. The van der Waals surface area contributed by atoms with Crippen LogP contribution in [0.15, 0.2) is 29.1 Å². The predicted octanol–water partition coefficient (Wildman–Crippen LogP) is 3.47. The highest BCUT2D eigenvalue weighted by molar-refractivity contribution is 5.42. The summed E-state index contributed by atoms with van der Waals surface area (Å²) >= 11 is 0. The van der Waals surface area contributed by atoms with Crippen LogP contribution in [0.25, 0.3) is 5.65 Å². The number of rotatable bonds is 1. The van der Waals surface area contributed by atoms with E-state index in [1.165, 1.54) is 38.5 Å². The Balaban J connectivity index is 1.70. The lowest BCUT2D eigenvalue weighted by molar-refractivity contribution is -0.00719. The molecule has 0 aromatic carbocycles. The van der Waals surface area contributed by atoms with Crippen molar-refractivity contribution in [2.45, 2.75) is 50.9 Å². The fourth-order valence-corrected chi connectivity index (χ4v) is 6.01. The molecule has 0 atom stereocenters. The summed E-state index contributed by atoms with van der Waals surface area (Å²) in [5, 5.41) is 0. The van der Waals surface area contributed by atoms with Gasteiger partial charge in [-0.3, -0.25) is 9.20 Å². The molecule has 2 aromatic heterocycles. The summed E-state index contributed by atoms with van der Waals surface area (Å²) in [5.41, 5.74) is 3.16. The molecular formula is C19H22N2O. The van der Waals surface area contributed by atoms with Crippen molar-refractivity contribution in [1.29, 1.82) is 0 Å². The zero-order valence-corrected chi connectivity index (χ0v) is 13.1. The average molecular weight is 294 g/mol. The minimum atomic E-state index is 0.0915. The Morgan fingerprint density at radius 3 is 2.36 bits per heavy atom. The SMILES string of the molecule is Cc1cccc2nc(C34CC5CC(CC(C5)C3)C4)cc(=O)n12. The maximum atomic E-state index is 12.6. The van der Waals surface area contributed by atoms with Crippen LogP contribution in [-0.4, -0.2) is 9.38 Å². The van der Waals surface area contributed by atoms with Crippen LogP contribution < -0.4 is 5.56 Å². The lowest BCUT2D eigenvalue weighted by atomic mass is 9.49. The normalized spacial score (nSPS) is 36.1. The van der Waals surface area contributed by atoms with E-state index in [0.29, 0.717) is 0 Å². The standard InChI is InChI=1S/C19H22N2O/c1-12-3-2-4-17-20-16(8-18(22)21(12)17)19-9-13-5-14(10-19)7-15(6-13)11-19/h2-4,8,13-15H,5-7,9-11H2,1H3. The van der Waals surface area contributed by atoms with Crippen molar-refractivity contribution in [3.05, 3.63) is 46.0 Å². The molecule has 3 nitrogen and oxygen atoms in total. The summed E-state index contributed by atoms with van der Waals surface area (Å²) in [6.07, 6.45) is 8.04. The van der Waals surface area contributed by atoms with Crippen LogP contribution in [0.2, 0.25) is 0 Å². The molecule has 6 rings (SSSR count). The third-order valence-corrected chi connectivity index (χ3v) is 6.46. The molecular weight excluding hydrogens is 272 g/mol. The molecule has 114 valence electrons. The Hall–Kier alpha value is -1.64. The summed E-state index contributed by atoms with van der Waals surface area (Å²) in [7, 11) is 0. The van der Waals surface area contributed by atoms with Gasteiger partial charge in [0.25, 0.3) is 5.56 Å². The van der Waals surface area contributed by atoms with Crippen LogP contribution in [0.4, 0.5) is 0 Å². The molecule has 4 fully saturated rings. The van der Waals surface area contributed by atoms with Gasteiger partial charge in [-0.2, -0.15) is 0 Å². The van der Waals surface area contributed by atoms with Crippen molar-refractivity contribution in [3.8, 4) is 0 Å². The molecule has 0 amide bonds.